The van der Waals surface area contributed by atoms with Crippen LogP contribution >= 0.6 is 0 Å². The lowest BCUT2D eigenvalue weighted by Gasteiger charge is -2.31. The molecule has 9 heteroatoms. The van der Waals surface area contributed by atoms with Crippen molar-refractivity contribution in [3.63, 3.8) is 0 Å². The van der Waals surface area contributed by atoms with Crippen LogP contribution in [0.1, 0.15) is 35.7 Å². The van der Waals surface area contributed by atoms with Gasteiger partial charge in [0.2, 0.25) is 5.91 Å². The summed E-state index contributed by atoms with van der Waals surface area (Å²) < 4.78 is 40.7. The number of anilines is 1. The lowest BCUT2D eigenvalue weighted by Crippen LogP contribution is -2.40. The number of likely N-dealkylation sites (tertiary alicyclic amines) is 1. The highest BCUT2D eigenvalue weighted by molar-refractivity contribution is 5.92. The van der Waals surface area contributed by atoms with Crippen LogP contribution in [0.2, 0.25) is 0 Å². The molecule has 3 heterocycles. The third-order valence-corrected chi connectivity index (χ3v) is 5.30. The van der Waals surface area contributed by atoms with Crippen molar-refractivity contribution in [2.24, 2.45) is 0 Å². The average Bonchev–Trinajstić information content (AvgIpc) is 3.11. The van der Waals surface area contributed by atoms with E-state index in [1.807, 2.05) is 36.1 Å². The van der Waals surface area contributed by atoms with Gasteiger partial charge < -0.3 is 5.32 Å². The summed E-state index contributed by atoms with van der Waals surface area (Å²) in [7, 11) is 0. The fourth-order valence-corrected chi connectivity index (χ4v) is 3.89. The molecule has 30 heavy (non-hydrogen) atoms. The smallest absolute Gasteiger partial charge is 0.325 e. The molecule has 0 bridgehead atoms. The molecule has 6 nitrogen and oxygen atoms in total. The number of hydrogen-bond donors (Lipinski definition) is 1. The van der Waals surface area contributed by atoms with E-state index in [0.29, 0.717) is 18.0 Å². The van der Waals surface area contributed by atoms with Crippen molar-refractivity contribution in [1.82, 2.24) is 19.5 Å². The molecule has 1 aromatic carbocycles. The van der Waals surface area contributed by atoms with Gasteiger partial charge in [-0.2, -0.15) is 13.2 Å². The minimum atomic E-state index is -4.43. The van der Waals surface area contributed by atoms with Crippen LogP contribution in [0, 0.1) is 6.92 Å². The monoisotopic (exact) mass is 417 g/mol. The molecule has 1 unspecified atom stereocenters. The number of piperidine rings is 1. The first-order valence-electron chi connectivity index (χ1n) is 9.80. The highest BCUT2D eigenvalue weighted by Gasteiger charge is 2.32. The number of nitrogens with zero attached hydrogens (tertiary/aromatic N) is 4. The SMILES string of the molecule is Cc1cccc(NC(=O)CN2CCCC(c3nnc4ccc(C(F)(F)F)cn34)C2)c1. The average molecular weight is 417 g/mol. The molecular weight excluding hydrogens is 395 g/mol. The number of benzene rings is 1. The number of rotatable bonds is 4. The molecule has 1 aliphatic rings. The minimum Gasteiger partial charge on any atom is -0.325 e. The maximum atomic E-state index is 13.1. The van der Waals surface area contributed by atoms with E-state index in [1.165, 1.54) is 10.5 Å². The summed E-state index contributed by atoms with van der Waals surface area (Å²) in [5.74, 6) is 0.288. The summed E-state index contributed by atoms with van der Waals surface area (Å²) in [5.41, 5.74) is 1.45. The van der Waals surface area contributed by atoms with Crippen LogP contribution in [0.4, 0.5) is 18.9 Å². The van der Waals surface area contributed by atoms with Gasteiger partial charge >= 0.3 is 6.18 Å². The number of halogens is 3. The highest BCUT2D eigenvalue weighted by atomic mass is 19.4. The van der Waals surface area contributed by atoms with Crippen LogP contribution in [0.5, 0.6) is 0 Å². The molecule has 1 amide bonds. The van der Waals surface area contributed by atoms with E-state index >= 15 is 0 Å². The van der Waals surface area contributed by atoms with Crippen LogP contribution in [0.25, 0.3) is 5.65 Å². The van der Waals surface area contributed by atoms with Crippen LogP contribution in [0.15, 0.2) is 42.6 Å². The lowest BCUT2D eigenvalue weighted by molar-refractivity contribution is -0.137. The lowest BCUT2D eigenvalue weighted by atomic mass is 9.97. The molecule has 3 aromatic rings. The molecule has 1 N–H and O–H groups in total. The Bertz CT molecular complexity index is 1060. The number of aromatic nitrogens is 3. The molecule has 158 valence electrons. The van der Waals surface area contributed by atoms with E-state index in [4.69, 9.17) is 0 Å². The number of aryl methyl sites for hydroxylation is 1. The second-order valence-electron chi connectivity index (χ2n) is 7.69. The standard InChI is InChI=1S/C21H22F3N5O/c1-14-4-2-6-17(10-14)25-19(30)13-28-9-3-5-15(11-28)20-27-26-18-8-7-16(12-29(18)20)21(22,23)24/h2,4,6-8,10,12,15H,3,5,9,11,13H2,1H3,(H,25,30). The highest BCUT2D eigenvalue weighted by Crippen LogP contribution is 2.31. The Labute approximate surface area is 171 Å². The molecule has 1 fully saturated rings. The van der Waals surface area contributed by atoms with Crippen molar-refractivity contribution < 1.29 is 18.0 Å². The Balaban J connectivity index is 1.47. The fourth-order valence-electron chi connectivity index (χ4n) is 3.89. The number of alkyl halides is 3. The fraction of sp³-hybridized carbons (Fsp3) is 0.381. The van der Waals surface area contributed by atoms with Gasteiger partial charge in [-0.05, 0) is 56.1 Å². The molecule has 1 saturated heterocycles. The molecule has 4 rings (SSSR count). The van der Waals surface area contributed by atoms with Crippen molar-refractivity contribution in [3.8, 4) is 0 Å². The van der Waals surface area contributed by atoms with Gasteiger partial charge in [-0.1, -0.05) is 12.1 Å². The number of nitrogens with one attached hydrogen (secondary N) is 1. The van der Waals surface area contributed by atoms with Gasteiger partial charge in [0.15, 0.2) is 5.65 Å². The zero-order chi connectivity index (χ0) is 21.3. The largest absolute Gasteiger partial charge is 0.417 e. The first-order valence-corrected chi connectivity index (χ1v) is 9.80. The van der Waals surface area contributed by atoms with Crippen LogP contribution in [-0.4, -0.2) is 45.0 Å². The Morgan fingerprint density at radius 1 is 1.23 bits per heavy atom. The Kier molecular flexibility index (Phi) is 5.46. The number of pyridine rings is 1. The maximum Gasteiger partial charge on any atom is 0.417 e. The second kappa shape index (κ2) is 8.06. The first kappa shape index (κ1) is 20.3. The van der Waals surface area contributed by atoms with E-state index in [-0.39, 0.29) is 18.4 Å². The van der Waals surface area contributed by atoms with E-state index in [9.17, 15) is 18.0 Å². The molecule has 0 spiro atoms. The molecule has 0 radical (unpaired) electrons. The van der Waals surface area contributed by atoms with Crippen LogP contribution in [-0.2, 0) is 11.0 Å². The third-order valence-electron chi connectivity index (χ3n) is 5.30. The van der Waals surface area contributed by atoms with Gasteiger partial charge in [0.05, 0.1) is 12.1 Å². The van der Waals surface area contributed by atoms with Gasteiger partial charge in [0.1, 0.15) is 5.82 Å². The maximum absolute atomic E-state index is 13.1. The Hall–Kier alpha value is -2.94. The van der Waals surface area contributed by atoms with Crippen molar-refractivity contribution in [2.75, 3.05) is 25.0 Å². The quantitative estimate of drug-likeness (QED) is 0.700. The summed E-state index contributed by atoms with van der Waals surface area (Å²) in [6.07, 6.45) is -1.76. The zero-order valence-corrected chi connectivity index (χ0v) is 16.5. The summed E-state index contributed by atoms with van der Waals surface area (Å²) >= 11 is 0. The summed E-state index contributed by atoms with van der Waals surface area (Å²) in [4.78, 5) is 14.4. The number of carbonyl (C=O) groups is 1. The van der Waals surface area contributed by atoms with Gasteiger partial charge in [-0.3, -0.25) is 14.1 Å². The summed E-state index contributed by atoms with van der Waals surface area (Å²) in [5, 5.41) is 11.1. The number of hydrogen-bond acceptors (Lipinski definition) is 4. The molecule has 2 aromatic heterocycles. The molecule has 0 aliphatic carbocycles. The second-order valence-corrected chi connectivity index (χ2v) is 7.69. The van der Waals surface area contributed by atoms with E-state index in [2.05, 4.69) is 15.5 Å². The number of fused-ring (bicyclic) bond motifs is 1. The van der Waals surface area contributed by atoms with E-state index < -0.39 is 11.7 Å². The van der Waals surface area contributed by atoms with Crippen LogP contribution < -0.4 is 5.32 Å². The predicted molar refractivity (Wildman–Crippen MR) is 106 cm³/mol. The van der Waals surface area contributed by atoms with Gasteiger partial charge in [0, 0.05) is 24.3 Å². The predicted octanol–water partition coefficient (Wildman–Crippen LogP) is 3.87. The minimum absolute atomic E-state index is 0.0935. The van der Waals surface area contributed by atoms with Gasteiger partial charge in [-0.25, -0.2) is 0 Å². The first-order chi connectivity index (χ1) is 14.3. The zero-order valence-electron chi connectivity index (χ0n) is 16.5. The molecule has 1 aliphatic heterocycles. The summed E-state index contributed by atoms with van der Waals surface area (Å²) in [6, 6.07) is 9.92. The van der Waals surface area contributed by atoms with Crippen molar-refractivity contribution >= 4 is 17.2 Å². The van der Waals surface area contributed by atoms with Gasteiger partial charge in [0.25, 0.3) is 0 Å². The Morgan fingerprint density at radius 3 is 2.83 bits per heavy atom. The molecule has 1 atom stereocenters. The molecular formula is C21H22F3N5O. The van der Waals surface area contributed by atoms with E-state index in [1.54, 1.807) is 0 Å². The van der Waals surface area contributed by atoms with Crippen molar-refractivity contribution in [1.29, 1.82) is 0 Å². The molecule has 0 saturated carbocycles. The van der Waals surface area contributed by atoms with Crippen molar-refractivity contribution in [3.05, 3.63) is 59.5 Å². The topological polar surface area (TPSA) is 62.5 Å². The third kappa shape index (κ3) is 4.46. The van der Waals surface area contributed by atoms with Crippen molar-refractivity contribution in [2.45, 2.75) is 31.9 Å². The number of carbonyl (C=O) groups excluding carboxylic acids is 1. The van der Waals surface area contributed by atoms with E-state index in [0.717, 1.165) is 42.9 Å². The van der Waals surface area contributed by atoms with Crippen LogP contribution in [0.3, 0.4) is 0 Å². The normalized spacial score (nSPS) is 17.9. The number of amides is 1. The summed E-state index contributed by atoms with van der Waals surface area (Å²) in [6.45, 7) is 3.47. The Morgan fingerprint density at radius 2 is 2.07 bits per heavy atom. The van der Waals surface area contributed by atoms with Gasteiger partial charge in [-0.15, -0.1) is 10.2 Å².